The molecule has 9 nitrogen and oxygen atoms in total. The van der Waals surface area contributed by atoms with Crippen LogP contribution in [0.25, 0.3) is 0 Å². The third-order valence-electron chi connectivity index (χ3n) is 3.01. The minimum Gasteiger partial charge on any atom is -0.497 e. The average molecular weight is 345 g/mol. The molecule has 0 bridgehead atoms. The lowest BCUT2D eigenvalue weighted by molar-refractivity contribution is -0.384. The number of carbonyl (C=O) groups is 1. The van der Waals surface area contributed by atoms with Crippen LogP contribution in [0.4, 0.5) is 5.69 Å². The van der Waals surface area contributed by atoms with Gasteiger partial charge in [-0.05, 0) is 24.3 Å². The lowest BCUT2D eigenvalue weighted by atomic mass is 10.2. The fraction of sp³-hybridized carbons (Fsp3) is 0.125. The summed E-state index contributed by atoms with van der Waals surface area (Å²) in [6.07, 6.45) is 0. The molecule has 25 heavy (non-hydrogen) atoms. The lowest BCUT2D eigenvalue weighted by Gasteiger charge is -2.05. The van der Waals surface area contributed by atoms with Crippen molar-refractivity contribution in [1.29, 1.82) is 0 Å². The van der Waals surface area contributed by atoms with Gasteiger partial charge in [0.1, 0.15) is 11.5 Å². The summed E-state index contributed by atoms with van der Waals surface area (Å²) >= 11 is 0. The SMILES string of the molecule is COc1ccc(OCC(=O)O/N=C(\N)c2cccc([N+](=O)[O-])c2)cc1. The molecule has 0 saturated heterocycles. The number of nitrogens with two attached hydrogens (primary N) is 1. The van der Waals surface area contributed by atoms with Crippen LogP contribution in [0.1, 0.15) is 5.56 Å². The number of carbonyl (C=O) groups excluding carboxylic acids is 1. The van der Waals surface area contributed by atoms with Crippen LogP contribution in [0.15, 0.2) is 53.7 Å². The fourth-order valence-electron chi connectivity index (χ4n) is 1.77. The molecule has 2 N–H and O–H groups in total. The maximum Gasteiger partial charge on any atom is 0.372 e. The van der Waals surface area contributed by atoms with Gasteiger partial charge in [0.15, 0.2) is 12.4 Å². The minimum absolute atomic E-state index is 0.148. The topological polar surface area (TPSA) is 126 Å². The van der Waals surface area contributed by atoms with Gasteiger partial charge < -0.3 is 20.0 Å². The number of non-ortho nitro benzene ring substituents is 1. The number of hydrogen-bond donors (Lipinski definition) is 1. The molecule has 130 valence electrons. The van der Waals surface area contributed by atoms with Gasteiger partial charge >= 0.3 is 5.97 Å². The zero-order chi connectivity index (χ0) is 18.2. The molecule has 2 aromatic carbocycles. The van der Waals surface area contributed by atoms with Crippen LogP contribution in [0.3, 0.4) is 0 Å². The first-order valence-corrected chi connectivity index (χ1v) is 7.04. The van der Waals surface area contributed by atoms with Crippen LogP contribution >= 0.6 is 0 Å². The molecular formula is C16H15N3O6. The van der Waals surface area contributed by atoms with E-state index in [-0.39, 0.29) is 23.7 Å². The number of amidine groups is 1. The Morgan fingerprint density at radius 3 is 2.52 bits per heavy atom. The Hall–Kier alpha value is -3.62. The van der Waals surface area contributed by atoms with Crippen LogP contribution in [0.2, 0.25) is 0 Å². The Morgan fingerprint density at radius 1 is 1.20 bits per heavy atom. The predicted octanol–water partition coefficient (Wildman–Crippen LogP) is 1.85. The first kappa shape index (κ1) is 17.7. The van der Waals surface area contributed by atoms with E-state index in [1.807, 2.05) is 0 Å². The number of ether oxygens (including phenoxy) is 2. The summed E-state index contributed by atoms with van der Waals surface area (Å²) in [5.41, 5.74) is 5.76. The van der Waals surface area contributed by atoms with Gasteiger partial charge in [-0.25, -0.2) is 4.79 Å². The Kier molecular flexibility index (Phi) is 5.88. The molecule has 0 aliphatic heterocycles. The normalized spacial score (nSPS) is 10.8. The van der Waals surface area contributed by atoms with Gasteiger partial charge in [0.2, 0.25) is 0 Å². The van der Waals surface area contributed by atoms with Crippen molar-refractivity contribution in [3.8, 4) is 11.5 Å². The Bertz CT molecular complexity index is 789. The van der Waals surface area contributed by atoms with Crippen molar-refractivity contribution in [2.45, 2.75) is 0 Å². The van der Waals surface area contributed by atoms with E-state index in [0.29, 0.717) is 11.5 Å². The van der Waals surface area contributed by atoms with E-state index in [0.717, 1.165) is 0 Å². The van der Waals surface area contributed by atoms with E-state index in [2.05, 4.69) is 9.99 Å². The van der Waals surface area contributed by atoms with Crippen molar-refractivity contribution in [1.82, 2.24) is 0 Å². The highest BCUT2D eigenvalue weighted by Gasteiger charge is 2.10. The van der Waals surface area contributed by atoms with Gasteiger partial charge in [-0.15, -0.1) is 0 Å². The van der Waals surface area contributed by atoms with E-state index in [4.69, 9.17) is 15.2 Å². The van der Waals surface area contributed by atoms with E-state index in [1.54, 1.807) is 24.3 Å². The molecule has 0 atom stereocenters. The van der Waals surface area contributed by atoms with E-state index < -0.39 is 10.9 Å². The Labute approximate surface area is 142 Å². The molecule has 0 spiro atoms. The summed E-state index contributed by atoms with van der Waals surface area (Å²) in [7, 11) is 1.54. The predicted molar refractivity (Wildman–Crippen MR) is 88.4 cm³/mol. The monoisotopic (exact) mass is 345 g/mol. The maximum absolute atomic E-state index is 11.6. The third kappa shape index (κ3) is 5.20. The highest BCUT2D eigenvalue weighted by atomic mass is 16.7. The summed E-state index contributed by atoms with van der Waals surface area (Å²) in [6, 6.07) is 12.1. The quantitative estimate of drug-likeness (QED) is 0.267. The van der Waals surface area contributed by atoms with Crippen LogP contribution in [0, 0.1) is 10.1 Å². The van der Waals surface area contributed by atoms with Crippen molar-refractivity contribution in [3.05, 3.63) is 64.2 Å². The summed E-state index contributed by atoms with van der Waals surface area (Å²) in [4.78, 5) is 26.4. The van der Waals surface area contributed by atoms with Gasteiger partial charge in [0.25, 0.3) is 5.69 Å². The number of hydrogen-bond acceptors (Lipinski definition) is 7. The van der Waals surface area contributed by atoms with Crippen LogP contribution in [-0.4, -0.2) is 30.4 Å². The molecule has 0 aliphatic rings. The summed E-state index contributed by atoms with van der Waals surface area (Å²) in [5, 5.41) is 14.2. The smallest absolute Gasteiger partial charge is 0.372 e. The molecule has 0 aliphatic carbocycles. The molecule has 0 radical (unpaired) electrons. The van der Waals surface area contributed by atoms with Crippen molar-refractivity contribution in [2.24, 2.45) is 10.9 Å². The van der Waals surface area contributed by atoms with E-state index >= 15 is 0 Å². The highest BCUT2D eigenvalue weighted by Crippen LogP contribution is 2.17. The Balaban J connectivity index is 1.90. The number of nitro benzene ring substituents is 1. The number of nitrogens with zero attached hydrogens (tertiary/aromatic N) is 2. The first-order valence-electron chi connectivity index (χ1n) is 7.04. The summed E-state index contributed by atoms with van der Waals surface area (Å²) in [5.74, 6) is 0.170. The number of rotatable bonds is 7. The molecule has 0 saturated carbocycles. The number of methoxy groups -OCH3 is 1. The summed E-state index contributed by atoms with van der Waals surface area (Å²) < 4.78 is 10.2. The van der Waals surface area contributed by atoms with Crippen molar-refractivity contribution in [3.63, 3.8) is 0 Å². The van der Waals surface area contributed by atoms with Gasteiger partial charge in [-0.2, -0.15) is 0 Å². The van der Waals surface area contributed by atoms with E-state index in [9.17, 15) is 14.9 Å². The van der Waals surface area contributed by atoms with Crippen LogP contribution < -0.4 is 15.2 Å². The molecule has 0 fully saturated rings. The highest BCUT2D eigenvalue weighted by molar-refractivity contribution is 5.97. The van der Waals surface area contributed by atoms with Crippen molar-refractivity contribution < 1.29 is 24.0 Å². The van der Waals surface area contributed by atoms with Crippen LogP contribution in [0.5, 0.6) is 11.5 Å². The molecule has 2 aromatic rings. The van der Waals surface area contributed by atoms with Crippen molar-refractivity contribution >= 4 is 17.5 Å². The largest absolute Gasteiger partial charge is 0.497 e. The van der Waals surface area contributed by atoms with Crippen molar-refractivity contribution in [2.75, 3.05) is 13.7 Å². The zero-order valence-electron chi connectivity index (χ0n) is 13.2. The average Bonchev–Trinajstić information content (AvgIpc) is 2.64. The molecule has 0 unspecified atom stereocenters. The zero-order valence-corrected chi connectivity index (χ0v) is 13.2. The number of oxime groups is 1. The molecular weight excluding hydrogens is 330 g/mol. The van der Waals surface area contributed by atoms with Gasteiger partial charge in [0.05, 0.1) is 12.0 Å². The molecule has 9 heteroatoms. The molecule has 0 aromatic heterocycles. The van der Waals surface area contributed by atoms with E-state index in [1.165, 1.54) is 31.4 Å². The standard InChI is InChI=1S/C16H15N3O6/c1-23-13-5-7-14(8-6-13)24-10-15(20)25-18-16(17)11-3-2-4-12(9-11)19(21)22/h2-9H,10H2,1H3,(H2,17,18). The summed E-state index contributed by atoms with van der Waals surface area (Å²) in [6.45, 7) is -0.377. The van der Waals surface area contributed by atoms with Gasteiger partial charge in [-0.3, -0.25) is 10.1 Å². The van der Waals surface area contributed by atoms with Gasteiger partial charge in [0, 0.05) is 17.7 Å². The van der Waals surface area contributed by atoms with Crippen LogP contribution in [-0.2, 0) is 9.63 Å². The lowest BCUT2D eigenvalue weighted by Crippen LogP contribution is -2.18. The second-order valence-electron chi connectivity index (χ2n) is 4.71. The minimum atomic E-state index is -0.774. The number of benzene rings is 2. The van der Waals surface area contributed by atoms with Gasteiger partial charge in [-0.1, -0.05) is 17.3 Å². The second kappa shape index (κ2) is 8.29. The fourth-order valence-corrected chi connectivity index (χ4v) is 1.77. The number of nitro groups is 1. The first-order chi connectivity index (χ1) is 12.0. The maximum atomic E-state index is 11.6. The molecule has 2 rings (SSSR count). The Morgan fingerprint density at radius 2 is 1.88 bits per heavy atom. The second-order valence-corrected chi connectivity index (χ2v) is 4.71. The molecule has 0 amide bonds. The third-order valence-corrected chi connectivity index (χ3v) is 3.01. The molecule has 0 heterocycles.